The van der Waals surface area contributed by atoms with Gasteiger partial charge in [-0.25, -0.2) is 13.6 Å². The van der Waals surface area contributed by atoms with Crippen molar-refractivity contribution in [3.63, 3.8) is 0 Å². The second-order valence-corrected chi connectivity index (χ2v) is 5.60. The van der Waals surface area contributed by atoms with Gasteiger partial charge in [0, 0.05) is 6.61 Å². The van der Waals surface area contributed by atoms with Crippen molar-refractivity contribution in [2.24, 2.45) is 5.14 Å². The number of benzene rings is 1. The zero-order valence-electron chi connectivity index (χ0n) is 10.9. The van der Waals surface area contributed by atoms with Crippen LogP contribution in [0.5, 0.6) is 0 Å². The van der Waals surface area contributed by atoms with E-state index in [9.17, 15) is 13.2 Å². The number of primary sulfonamides is 1. The van der Waals surface area contributed by atoms with Gasteiger partial charge in [-0.3, -0.25) is 4.79 Å². The Hall–Kier alpha value is -1.44. The summed E-state index contributed by atoms with van der Waals surface area (Å²) < 4.78 is 27.2. The molecule has 0 radical (unpaired) electrons. The molecule has 0 aliphatic carbocycles. The van der Waals surface area contributed by atoms with Gasteiger partial charge in [0.25, 0.3) is 0 Å². The van der Waals surface area contributed by atoms with E-state index in [1.165, 1.54) is 12.1 Å². The largest absolute Gasteiger partial charge is 0.372 e. The summed E-state index contributed by atoms with van der Waals surface area (Å²) in [5.74, 6) is -0.218. The molecule has 106 valence electrons. The quantitative estimate of drug-likeness (QED) is 0.797. The van der Waals surface area contributed by atoms with Crippen LogP contribution in [-0.2, 0) is 19.6 Å². The molecule has 19 heavy (non-hydrogen) atoms. The van der Waals surface area contributed by atoms with Crippen molar-refractivity contribution < 1.29 is 17.9 Å². The van der Waals surface area contributed by atoms with E-state index in [1.807, 2.05) is 6.92 Å². The van der Waals surface area contributed by atoms with Gasteiger partial charge in [0.05, 0.1) is 10.9 Å². The minimum Gasteiger partial charge on any atom is -0.372 e. The van der Waals surface area contributed by atoms with E-state index in [-0.39, 0.29) is 23.5 Å². The van der Waals surface area contributed by atoms with Crippen molar-refractivity contribution in [1.82, 2.24) is 5.32 Å². The Morgan fingerprint density at radius 1 is 1.37 bits per heavy atom. The molecular weight excluding hydrogens is 268 g/mol. The van der Waals surface area contributed by atoms with Gasteiger partial charge in [-0.2, -0.15) is 0 Å². The third-order valence-corrected chi connectivity index (χ3v) is 3.45. The Morgan fingerprint density at radius 2 is 1.95 bits per heavy atom. The molecule has 1 rings (SSSR count). The predicted octanol–water partition coefficient (Wildman–Crippen LogP) is 0.548. The lowest BCUT2D eigenvalue weighted by Gasteiger charge is -2.14. The maximum absolute atomic E-state index is 11.5. The minimum atomic E-state index is -3.69. The van der Waals surface area contributed by atoms with Crippen molar-refractivity contribution in [3.8, 4) is 0 Å². The van der Waals surface area contributed by atoms with Crippen molar-refractivity contribution >= 4 is 15.9 Å². The number of amides is 1. The predicted molar refractivity (Wildman–Crippen MR) is 70.9 cm³/mol. The normalized spacial score (nSPS) is 13.0. The summed E-state index contributed by atoms with van der Waals surface area (Å²) in [7, 11) is -3.69. The lowest BCUT2D eigenvalue weighted by Crippen LogP contribution is -2.30. The molecule has 3 N–H and O–H groups in total. The van der Waals surface area contributed by atoms with Crippen LogP contribution in [0.25, 0.3) is 0 Å². The van der Waals surface area contributed by atoms with Crippen molar-refractivity contribution in [3.05, 3.63) is 29.8 Å². The lowest BCUT2D eigenvalue weighted by atomic mass is 10.1. The van der Waals surface area contributed by atoms with Crippen LogP contribution in [-0.4, -0.2) is 27.5 Å². The van der Waals surface area contributed by atoms with E-state index >= 15 is 0 Å². The highest BCUT2D eigenvalue weighted by Crippen LogP contribution is 2.15. The molecule has 1 aromatic carbocycles. The third-order valence-electron chi connectivity index (χ3n) is 2.52. The molecular formula is C12H18N2O4S. The van der Waals surface area contributed by atoms with Gasteiger partial charge in [-0.05, 0) is 31.5 Å². The molecule has 0 aromatic heterocycles. The van der Waals surface area contributed by atoms with Gasteiger partial charge in [-0.15, -0.1) is 0 Å². The average molecular weight is 286 g/mol. The van der Waals surface area contributed by atoms with Crippen LogP contribution in [0.15, 0.2) is 29.2 Å². The maximum Gasteiger partial charge on any atom is 0.246 e. The molecule has 1 amide bonds. The van der Waals surface area contributed by atoms with E-state index in [2.05, 4.69) is 5.32 Å². The van der Waals surface area contributed by atoms with Crippen molar-refractivity contribution in [2.75, 3.05) is 13.2 Å². The van der Waals surface area contributed by atoms with E-state index in [1.54, 1.807) is 19.1 Å². The van der Waals surface area contributed by atoms with Gasteiger partial charge in [0.1, 0.15) is 6.61 Å². The second kappa shape index (κ2) is 6.65. The SMILES string of the molecule is CCOCC(=O)N[C@H](C)c1ccc(S(N)(=O)=O)cc1. The molecule has 0 fully saturated rings. The molecule has 1 aromatic rings. The van der Waals surface area contributed by atoms with Crippen molar-refractivity contribution in [1.29, 1.82) is 0 Å². The standard InChI is InChI=1S/C12H18N2O4S/c1-3-18-8-12(15)14-9(2)10-4-6-11(7-5-10)19(13,16)17/h4-7,9H,3,8H2,1-2H3,(H,14,15)(H2,13,16,17)/t9-/m1/s1. The van der Waals surface area contributed by atoms with Gasteiger partial charge in [0.2, 0.25) is 15.9 Å². The number of nitrogens with two attached hydrogens (primary N) is 1. The summed E-state index contributed by atoms with van der Waals surface area (Å²) in [6, 6.07) is 5.82. The monoisotopic (exact) mass is 286 g/mol. The molecule has 0 heterocycles. The first-order chi connectivity index (χ1) is 8.84. The highest BCUT2D eigenvalue weighted by molar-refractivity contribution is 7.89. The Kier molecular flexibility index (Phi) is 5.46. The van der Waals surface area contributed by atoms with Gasteiger partial charge >= 0.3 is 0 Å². The average Bonchev–Trinajstić information content (AvgIpc) is 2.35. The highest BCUT2D eigenvalue weighted by atomic mass is 32.2. The molecule has 0 saturated carbocycles. The minimum absolute atomic E-state index is 0.0100. The number of nitrogens with one attached hydrogen (secondary N) is 1. The van der Waals surface area contributed by atoms with Crippen LogP contribution in [0.2, 0.25) is 0 Å². The van der Waals surface area contributed by atoms with Crippen LogP contribution in [0, 0.1) is 0 Å². The van der Waals surface area contributed by atoms with E-state index in [0.29, 0.717) is 6.61 Å². The molecule has 0 bridgehead atoms. The number of ether oxygens (including phenoxy) is 1. The number of hydrogen-bond donors (Lipinski definition) is 2. The van der Waals surface area contributed by atoms with Crippen LogP contribution < -0.4 is 10.5 Å². The molecule has 7 heteroatoms. The summed E-state index contributed by atoms with van der Waals surface area (Å²) in [4.78, 5) is 11.5. The van der Waals surface area contributed by atoms with Gasteiger partial charge < -0.3 is 10.1 Å². The zero-order chi connectivity index (χ0) is 14.5. The molecule has 6 nitrogen and oxygen atoms in total. The summed E-state index contributed by atoms with van der Waals surface area (Å²) in [6.45, 7) is 4.10. The van der Waals surface area contributed by atoms with Crippen LogP contribution in [0.4, 0.5) is 0 Å². The first-order valence-electron chi connectivity index (χ1n) is 5.84. The summed E-state index contributed by atoms with van der Waals surface area (Å²) in [5.41, 5.74) is 0.789. The van der Waals surface area contributed by atoms with E-state index in [4.69, 9.17) is 9.88 Å². The molecule has 0 saturated heterocycles. The molecule has 0 spiro atoms. The van der Waals surface area contributed by atoms with Crippen molar-refractivity contribution in [2.45, 2.75) is 24.8 Å². The number of hydrogen-bond acceptors (Lipinski definition) is 4. The Morgan fingerprint density at radius 3 is 2.42 bits per heavy atom. The van der Waals surface area contributed by atoms with Gasteiger partial charge in [-0.1, -0.05) is 12.1 Å². The third kappa shape index (κ3) is 4.98. The van der Waals surface area contributed by atoms with Gasteiger partial charge in [0.15, 0.2) is 0 Å². The van der Waals surface area contributed by atoms with Crippen LogP contribution in [0.1, 0.15) is 25.5 Å². The summed E-state index contributed by atoms with van der Waals surface area (Å²) >= 11 is 0. The van der Waals surface area contributed by atoms with Crippen LogP contribution >= 0.6 is 0 Å². The smallest absolute Gasteiger partial charge is 0.246 e. The molecule has 0 unspecified atom stereocenters. The topological polar surface area (TPSA) is 98.5 Å². The fourth-order valence-electron chi connectivity index (χ4n) is 1.51. The fourth-order valence-corrected chi connectivity index (χ4v) is 2.02. The van der Waals surface area contributed by atoms with E-state index in [0.717, 1.165) is 5.56 Å². The fraction of sp³-hybridized carbons (Fsp3) is 0.417. The zero-order valence-corrected chi connectivity index (χ0v) is 11.7. The van der Waals surface area contributed by atoms with Crippen LogP contribution in [0.3, 0.4) is 0 Å². The van der Waals surface area contributed by atoms with E-state index < -0.39 is 10.0 Å². The maximum atomic E-state index is 11.5. The first kappa shape index (κ1) is 15.6. The Labute approximate surface area is 113 Å². The lowest BCUT2D eigenvalue weighted by molar-refractivity contribution is -0.126. The molecule has 1 atom stereocenters. The second-order valence-electron chi connectivity index (χ2n) is 4.04. The Balaban J connectivity index is 2.68. The molecule has 0 aliphatic rings. The number of sulfonamides is 1. The molecule has 0 aliphatic heterocycles. The highest BCUT2D eigenvalue weighted by Gasteiger charge is 2.11. The summed E-state index contributed by atoms with van der Waals surface area (Å²) in [5, 5.41) is 7.75. The Bertz CT molecular complexity index is 525. The first-order valence-corrected chi connectivity index (χ1v) is 7.39. The number of carbonyl (C=O) groups is 1. The summed E-state index contributed by atoms with van der Waals surface area (Å²) in [6.07, 6.45) is 0. The number of carbonyl (C=O) groups excluding carboxylic acids is 1. The number of rotatable bonds is 6.